The van der Waals surface area contributed by atoms with Gasteiger partial charge in [-0.2, -0.15) is 0 Å². The Hall–Kier alpha value is -0.600. The molecule has 2 N–H and O–H groups in total. The van der Waals surface area contributed by atoms with Crippen LogP contribution in [0.15, 0.2) is 12.1 Å². The lowest BCUT2D eigenvalue weighted by Crippen LogP contribution is -2.80. The van der Waals surface area contributed by atoms with E-state index in [4.69, 9.17) is 9.47 Å². The van der Waals surface area contributed by atoms with Crippen LogP contribution in [0, 0.1) is 5.92 Å². The maximum atomic E-state index is 12.6. The predicted octanol–water partition coefficient (Wildman–Crippen LogP) is 3.19. The van der Waals surface area contributed by atoms with E-state index in [1.165, 1.54) is 24.8 Å². The maximum Gasteiger partial charge on any atom is 0.166 e. The molecule has 5 atom stereocenters. The molecule has 2 saturated carbocycles. The number of aliphatic hydroxyl groups is 2. The smallest absolute Gasteiger partial charge is 0.166 e. The highest BCUT2D eigenvalue weighted by molar-refractivity contribution is 8.17. The zero-order valence-corrected chi connectivity index (χ0v) is 20.3. The van der Waals surface area contributed by atoms with Gasteiger partial charge in [0.15, 0.2) is 11.5 Å². The summed E-state index contributed by atoms with van der Waals surface area (Å²) in [6.45, 7) is 2.08. The molecule has 5 nitrogen and oxygen atoms in total. The molecule has 6 aliphatic rings. The Morgan fingerprint density at radius 2 is 1.97 bits per heavy atom. The molecule has 2 saturated heterocycles. The van der Waals surface area contributed by atoms with Crippen molar-refractivity contribution in [2.75, 3.05) is 31.7 Å². The molecule has 0 amide bonds. The van der Waals surface area contributed by atoms with Gasteiger partial charge in [0.2, 0.25) is 0 Å². The topological polar surface area (TPSA) is 62.2 Å². The van der Waals surface area contributed by atoms with Crippen molar-refractivity contribution in [1.82, 2.24) is 4.90 Å². The summed E-state index contributed by atoms with van der Waals surface area (Å²) in [4.78, 5) is 2.58. The molecule has 0 aromatic heterocycles. The number of likely N-dealkylation sites (tertiary alicyclic amines) is 1. The van der Waals surface area contributed by atoms with Gasteiger partial charge in [-0.15, -0.1) is 23.5 Å². The highest BCUT2D eigenvalue weighted by Crippen LogP contribution is 2.68. The van der Waals surface area contributed by atoms with Crippen molar-refractivity contribution in [3.63, 3.8) is 0 Å². The van der Waals surface area contributed by atoms with Crippen LogP contribution in [0.5, 0.6) is 11.5 Å². The minimum absolute atomic E-state index is 0.0915. The maximum absolute atomic E-state index is 12.6. The molecule has 1 aromatic carbocycles. The van der Waals surface area contributed by atoms with Gasteiger partial charge in [-0.25, -0.2) is 0 Å². The lowest BCUT2D eigenvalue weighted by atomic mass is 9.46. The molecule has 1 unspecified atom stereocenters. The normalized spacial score (nSPS) is 43.0. The van der Waals surface area contributed by atoms with Crippen LogP contribution < -0.4 is 9.47 Å². The molecular formula is C25H33NO4S2. The summed E-state index contributed by atoms with van der Waals surface area (Å²) in [5, 5.41) is 25.0. The summed E-state index contributed by atoms with van der Waals surface area (Å²) in [6, 6.07) is 4.32. The van der Waals surface area contributed by atoms with E-state index < -0.39 is 22.7 Å². The molecule has 32 heavy (non-hydrogen) atoms. The first-order chi connectivity index (χ1) is 15.5. The van der Waals surface area contributed by atoms with Crippen LogP contribution in [-0.2, 0) is 11.8 Å². The van der Waals surface area contributed by atoms with Crippen LogP contribution in [-0.4, -0.2) is 74.7 Å². The summed E-state index contributed by atoms with van der Waals surface area (Å²) in [5.74, 6) is 4.49. The van der Waals surface area contributed by atoms with Crippen molar-refractivity contribution in [3.05, 3.63) is 23.3 Å². The van der Waals surface area contributed by atoms with Crippen molar-refractivity contribution in [2.45, 2.75) is 78.3 Å². The third-order valence-electron chi connectivity index (χ3n) is 9.31. The number of hydrogen-bond donors (Lipinski definition) is 2. The Labute approximate surface area is 198 Å². The van der Waals surface area contributed by atoms with E-state index in [2.05, 4.69) is 11.0 Å². The molecular weight excluding hydrogens is 442 g/mol. The molecule has 1 spiro atoms. The Kier molecular flexibility index (Phi) is 4.52. The number of nitrogens with zero attached hydrogens (tertiary/aromatic N) is 1. The average Bonchev–Trinajstić information content (AvgIpc) is 3.55. The molecule has 2 bridgehead atoms. The van der Waals surface area contributed by atoms with E-state index in [0.29, 0.717) is 12.8 Å². The standard InChI is InChI=1S/C25H33NO4S2/c1-29-17-6-5-16-13-18-25(28)8-7-24(27,22-31-11-2-12-32-22)21-23(25,19(16)20(17)30-21)9-10-26(18)14-15-3-4-15/h5-6,15,18,21-22,27-28H,2-4,7-14H2,1H3/t18-,21-,23+,24?,25-/m1/s1. The van der Waals surface area contributed by atoms with Crippen LogP contribution in [0.25, 0.3) is 0 Å². The monoisotopic (exact) mass is 475 g/mol. The predicted molar refractivity (Wildman–Crippen MR) is 128 cm³/mol. The highest BCUT2D eigenvalue weighted by atomic mass is 32.2. The fraction of sp³-hybridized carbons (Fsp3) is 0.760. The van der Waals surface area contributed by atoms with Gasteiger partial charge in [0, 0.05) is 18.2 Å². The average molecular weight is 476 g/mol. The number of piperidine rings is 1. The summed E-state index contributed by atoms with van der Waals surface area (Å²) in [7, 11) is 1.69. The Morgan fingerprint density at radius 3 is 2.72 bits per heavy atom. The number of rotatable bonds is 4. The molecule has 7 heteroatoms. The van der Waals surface area contributed by atoms with Gasteiger partial charge in [0.25, 0.3) is 0 Å². The molecule has 3 aliphatic heterocycles. The van der Waals surface area contributed by atoms with Crippen LogP contribution in [0.2, 0.25) is 0 Å². The van der Waals surface area contributed by atoms with Crippen molar-refractivity contribution in [1.29, 1.82) is 0 Å². The van der Waals surface area contributed by atoms with Crippen molar-refractivity contribution in [2.24, 2.45) is 5.92 Å². The first-order valence-corrected chi connectivity index (χ1v) is 14.4. The van der Waals surface area contributed by atoms with E-state index in [9.17, 15) is 10.2 Å². The second kappa shape index (κ2) is 6.97. The van der Waals surface area contributed by atoms with Crippen LogP contribution in [0.1, 0.15) is 49.7 Å². The third kappa shape index (κ3) is 2.50. The minimum atomic E-state index is -0.955. The van der Waals surface area contributed by atoms with Crippen LogP contribution in [0.4, 0.5) is 0 Å². The van der Waals surface area contributed by atoms with Gasteiger partial charge in [-0.1, -0.05) is 6.07 Å². The van der Waals surface area contributed by atoms with Crippen LogP contribution in [0.3, 0.4) is 0 Å². The minimum Gasteiger partial charge on any atom is -0.493 e. The lowest BCUT2D eigenvalue weighted by Gasteiger charge is -2.66. The second-order valence-corrected chi connectivity index (χ2v) is 13.6. The van der Waals surface area contributed by atoms with Crippen molar-refractivity contribution in [3.8, 4) is 11.5 Å². The zero-order chi connectivity index (χ0) is 21.7. The van der Waals surface area contributed by atoms with E-state index in [1.54, 1.807) is 7.11 Å². The molecule has 3 heterocycles. The van der Waals surface area contributed by atoms with E-state index >= 15 is 0 Å². The first-order valence-electron chi connectivity index (χ1n) is 12.3. The SMILES string of the molecule is COc1ccc2c3c1O[C@H]1C(O)(C4SCCCS4)CC[C@@]4(O)[C@@H](C2)N(CC2CC2)CC[C@]314. The van der Waals surface area contributed by atoms with Gasteiger partial charge in [-0.05, 0) is 80.5 Å². The van der Waals surface area contributed by atoms with Crippen molar-refractivity contribution < 1.29 is 19.7 Å². The third-order valence-corrected chi connectivity index (χ3v) is 12.6. The van der Waals surface area contributed by atoms with Gasteiger partial charge in [0.05, 0.1) is 22.7 Å². The van der Waals surface area contributed by atoms with E-state index in [0.717, 1.165) is 60.4 Å². The largest absolute Gasteiger partial charge is 0.493 e. The van der Waals surface area contributed by atoms with Gasteiger partial charge in [0.1, 0.15) is 11.7 Å². The fourth-order valence-corrected chi connectivity index (χ4v) is 11.0. The molecule has 174 valence electrons. The highest BCUT2D eigenvalue weighted by Gasteiger charge is 2.76. The summed E-state index contributed by atoms with van der Waals surface area (Å²) in [5.41, 5.74) is 0.0539. The second-order valence-electron chi connectivity index (χ2n) is 10.9. The van der Waals surface area contributed by atoms with Crippen LogP contribution >= 0.6 is 23.5 Å². The number of benzene rings is 1. The molecule has 7 rings (SSSR count). The fourth-order valence-electron chi connectivity index (χ4n) is 7.70. The zero-order valence-electron chi connectivity index (χ0n) is 18.7. The lowest BCUT2D eigenvalue weighted by molar-refractivity contribution is -0.231. The summed E-state index contributed by atoms with van der Waals surface area (Å²) >= 11 is 3.77. The van der Waals surface area contributed by atoms with Gasteiger partial charge in [-0.3, -0.25) is 4.90 Å². The summed E-state index contributed by atoms with van der Waals surface area (Å²) < 4.78 is 12.6. The summed E-state index contributed by atoms with van der Waals surface area (Å²) in [6.07, 6.45) is 6.36. The Bertz CT molecular complexity index is 950. The van der Waals surface area contributed by atoms with Gasteiger partial charge >= 0.3 is 0 Å². The number of methoxy groups -OCH3 is 1. The quantitative estimate of drug-likeness (QED) is 0.694. The number of ether oxygens (including phenoxy) is 2. The Balaban J connectivity index is 1.40. The molecule has 1 aromatic rings. The molecule has 4 fully saturated rings. The first kappa shape index (κ1) is 20.7. The van der Waals surface area contributed by atoms with E-state index in [-0.39, 0.29) is 10.6 Å². The van der Waals surface area contributed by atoms with Gasteiger partial charge < -0.3 is 19.7 Å². The molecule has 3 aliphatic carbocycles. The Morgan fingerprint density at radius 1 is 1.16 bits per heavy atom. The van der Waals surface area contributed by atoms with E-state index in [1.807, 2.05) is 29.6 Å². The van der Waals surface area contributed by atoms with Crippen molar-refractivity contribution >= 4 is 23.5 Å². The number of hydrogen-bond acceptors (Lipinski definition) is 7. The number of thioether (sulfide) groups is 2. The molecule has 0 radical (unpaired) electrons.